The lowest BCUT2D eigenvalue weighted by atomic mass is 9.97. The summed E-state index contributed by atoms with van der Waals surface area (Å²) in [6.07, 6.45) is 0.667. The number of benzene rings is 2. The fourth-order valence-corrected chi connectivity index (χ4v) is 5.53. The molecule has 0 bridgehead atoms. The normalized spacial score (nSPS) is 15.1. The number of hydrogen-bond acceptors (Lipinski definition) is 6. The molecule has 0 unspecified atom stereocenters. The molecule has 3 aromatic rings. The predicted molar refractivity (Wildman–Crippen MR) is 129 cm³/mol. The lowest BCUT2D eigenvalue weighted by Crippen LogP contribution is -2.44. The molecule has 0 saturated carbocycles. The molecule has 35 heavy (non-hydrogen) atoms. The fraction of sp³-hybridized carbons (Fsp3) is 0.304. The zero-order valence-corrected chi connectivity index (χ0v) is 19.8. The second-order valence-electron chi connectivity index (χ2n) is 8.39. The number of carbonyl (C=O) groups excluding carboxylic acids is 2. The smallest absolute Gasteiger partial charge is 0.272 e. The minimum atomic E-state index is -3.63. The number of nitrogens with zero attached hydrogens (tertiary/aromatic N) is 1. The van der Waals surface area contributed by atoms with Crippen LogP contribution in [-0.2, 0) is 19.6 Å². The zero-order chi connectivity index (χ0) is 25.2. The van der Waals surface area contributed by atoms with Gasteiger partial charge in [-0.2, -0.15) is 4.31 Å². The van der Waals surface area contributed by atoms with Crippen molar-refractivity contribution in [2.45, 2.75) is 24.7 Å². The number of H-pyrrole nitrogens is 2. The van der Waals surface area contributed by atoms with Crippen LogP contribution in [-0.4, -0.2) is 54.4 Å². The Bertz CT molecular complexity index is 1490. The molecule has 12 heteroatoms. The third-order valence-corrected chi connectivity index (χ3v) is 7.92. The maximum Gasteiger partial charge on any atom is 0.272 e. The van der Waals surface area contributed by atoms with Crippen molar-refractivity contribution in [2.24, 2.45) is 5.92 Å². The van der Waals surface area contributed by atoms with E-state index in [9.17, 15) is 27.6 Å². The number of amides is 2. The third-order valence-electron chi connectivity index (χ3n) is 6.01. The molecule has 2 amide bonds. The Balaban J connectivity index is 1.32. The number of hydrogen-bond donors (Lipinski definition) is 4. The zero-order valence-electron chi connectivity index (χ0n) is 19.0. The highest BCUT2D eigenvalue weighted by molar-refractivity contribution is 7.89. The van der Waals surface area contributed by atoms with E-state index in [2.05, 4.69) is 20.8 Å². The largest absolute Gasteiger partial charge is 0.347 e. The van der Waals surface area contributed by atoms with Crippen LogP contribution in [0.25, 0.3) is 10.8 Å². The summed E-state index contributed by atoms with van der Waals surface area (Å²) >= 11 is 0. The summed E-state index contributed by atoms with van der Waals surface area (Å²) in [5.41, 5.74) is 0.0552. The SMILES string of the molecule is Cc1ccc(S(=O)(=O)N2CCC(C(=O)NCC(=O)Nc3cccc4c(=O)[nH][nH]c(=O)c34)CC2)cc1. The minimum Gasteiger partial charge on any atom is -0.347 e. The summed E-state index contributed by atoms with van der Waals surface area (Å²) in [6, 6.07) is 11.1. The van der Waals surface area contributed by atoms with Gasteiger partial charge in [-0.3, -0.25) is 29.4 Å². The highest BCUT2D eigenvalue weighted by Gasteiger charge is 2.32. The molecule has 1 aliphatic heterocycles. The van der Waals surface area contributed by atoms with Crippen LogP contribution < -0.4 is 21.8 Å². The molecule has 0 atom stereocenters. The molecule has 0 aliphatic carbocycles. The highest BCUT2D eigenvalue weighted by atomic mass is 32.2. The number of rotatable bonds is 6. The van der Waals surface area contributed by atoms with Gasteiger partial charge in [0.2, 0.25) is 21.8 Å². The van der Waals surface area contributed by atoms with Crippen molar-refractivity contribution in [2.75, 3.05) is 25.0 Å². The minimum absolute atomic E-state index is 0.0399. The maximum absolute atomic E-state index is 12.8. The molecule has 1 aromatic heterocycles. The number of aromatic amines is 2. The van der Waals surface area contributed by atoms with Crippen molar-refractivity contribution in [3.63, 3.8) is 0 Å². The van der Waals surface area contributed by atoms with E-state index in [4.69, 9.17) is 0 Å². The summed E-state index contributed by atoms with van der Waals surface area (Å²) in [4.78, 5) is 49.2. The van der Waals surface area contributed by atoms with Gasteiger partial charge in [-0.1, -0.05) is 23.8 Å². The van der Waals surface area contributed by atoms with Gasteiger partial charge in [-0.15, -0.1) is 0 Å². The van der Waals surface area contributed by atoms with Crippen LogP contribution in [0.3, 0.4) is 0 Å². The van der Waals surface area contributed by atoms with E-state index >= 15 is 0 Å². The van der Waals surface area contributed by atoms with Crippen molar-refractivity contribution < 1.29 is 18.0 Å². The number of fused-ring (bicyclic) bond motifs is 1. The molecule has 2 heterocycles. The van der Waals surface area contributed by atoms with Crippen LogP contribution in [0.1, 0.15) is 18.4 Å². The van der Waals surface area contributed by atoms with Crippen molar-refractivity contribution in [3.8, 4) is 0 Å². The first-order valence-corrected chi connectivity index (χ1v) is 12.5. The van der Waals surface area contributed by atoms with Crippen LogP contribution in [0.5, 0.6) is 0 Å². The first kappa shape index (κ1) is 24.4. The predicted octanol–water partition coefficient (Wildman–Crippen LogP) is 0.680. The quantitative estimate of drug-likeness (QED) is 0.390. The third kappa shape index (κ3) is 5.17. The van der Waals surface area contributed by atoms with Gasteiger partial charge in [0.15, 0.2) is 0 Å². The van der Waals surface area contributed by atoms with E-state index in [0.717, 1.165) is 5.56 Å². The van der Waals surface area contributed by atoms with Gasteiger partial charge in [0.05, 0.1) is 27.9 Å². The van der Waals surface area contributed by atoms with Crippen LogP contribution in [0.4, 0.5) is 5.69 Å². The number of aromatic nitrogens is 2. The Morgan fingerprint density at radius 1 is 1.00 bits per heavy atom. The standard InChI is InChI=1S/C23H25N5O6S/c1-14-5-7-16(8-6-14)35(33,34)28-11-9-15(10-12-28)21(30)24-13-19(29)25-18-4-2-3-17-20(18)23(32)27-26-22(17)31/h2-8,15H,9-13H2,1H3,(H,24,30)(H,25,29)(H,26,31)(H,27,32). The van der Waals surface area contributed by atoms with E-state index in [1.54, 1.807) is 24.3 Å². The van der Waals surface area contributed by atoms with Crippen LogP contribution in [0.2, 0.25) is 0 Å². The fourth-order valence-electron chi connectivity index (χ4n) is 4.06. The molecular weight excluding hydrogens is 474 g/mol. The van der Waals surface area contributed by atoms with E-state index < -0.39 is 33.0 Å². The monoisotopic (exact) mass is 499 g/mol. The number of nitrogens with one attached hydrogen (secondary N) is 4. The summed E-state index contributed by atoms with van der Waals surface area (Å²) in [5.74, 6) is -1.34. The summed E-state index contributed by atoms with van der Waals surface area (Å²) in [5, 5.41) is 9.71. The van der Waals surface area contributed by atoms with E-state index in [0.29, 0.717) is 12.8 Å². The van der Waals surface area contributed by atoms with E-state index in [1.165, 1.54) is 22.5 Å². The summed E-state index contributed by atoms with van der Waals surface area (Å²) < 4.78 is 27.0. The number of carbonyl (C=O) groups is 2. The van der Waals surface area contributed by atoms with Gasteiger partial charge < -0.3 is 10.6 Å². The summed E-state index contributed by atoms with van der Waals surface area (Å²) in [6.45, 7) is 1.95. The summed E-state index contributed by atoms with van der Waals surface area (Å²) in [7, 11) is -3.63. The van der Waals surface area contributed by atoms with Crippen molar-refractivity contribution in [1.82, 2.24) is 19.8 Å². The van der Waals surface area contributed by atoms with Crippen LogP contribution in [0.15, 0.2) is 56.9 Å². The topological polar surface area (TPSA) is 161 Å². The molecular formula is C23H25N5O6S. The van der Waals surface area contributed by atoms with Crippen molar-refractivity contribution in [3.05, 3.63) is 68.7 Å². The maximum atomic E-state index is 12.8. The molecule has 2 aromatic carbocycles. The van der Waals surface area contributed by atoms with E-state index in [1.807, 2.05) is 6.92 Å². The average Bonchev–Trinajstić information content (AvgIpc) is 2.85. The van der Waals surface area contributed by atoms with Gasteiger partial charge in [0.25, 0.3) is 11.1 Å². The molecule has 0 spiro atoms. The average molecular weight is 500 g/mol. The molecule has 4 N–H and O–H groups in total. The number of sulfonamides is 1. The molecule has 1 saturated heterocycles. The highest BCUT2D eigenvalue weighted by Crippen LogP contribution is 2.24. The Morgan fingerprint density at radius 2 is 1.66 bits per heavy atom. The first-order chi connectivity index (χ1) is 16.7. The molecule has 11 nitrogen and oxygen atoms in total. The van der Waals surface area contributed by atoms with Gasteiger partial charge in [0, 0.05) is 19.0 Å². The van der Waals surface area contributed by atoms with Crippen LogP contribution >= 0.6 is 0 Å². The van der Waals surface area contributed by atoms with Gasteiger partial charge in [-0.25, -0.2) is 8.42 Å². The molecule has 1 fully saturated rings. The second kappa shape index (κ2) is 9.84. The Kier molecular flexibility index (Phi) is 6.85. The molecule has 1 aliphatic rings. The second-order valence-corrected chi connectivity index (χ2v) is 10.3. The lowest BCUT2D eigenvalue weighted by molar-refractivity contribution is -0.128. The van der Waals surface area contributed by atoms with Gasteiger partial charge in [0.1, 0.15) is 0 Å². The number of anilines is 1. The lowest BCUT2D eigenvalue weighted by Gasteiger charge is -2.30. The Labute approximate surface area is 200 Å². The van der Waals surface area contributed by atoms with Gasteiger partial charge in [-0.05, 0) is 44.0 Å². The molecule has 0 radical (unpaired) electrons. The number of piperidine rings is 1. The van der Waals surface area contributed by atoms with Gasteiger partial charge >= 0.3 is 0 Å². The number of aryl methyl sites for hydroxylation is 1. The molecule has 4 rings (SSSR count). The van der Waals surface area contributed by atoms with Crippen LogP contribution in [0, 0.1) is 12.8 Å². The van der Waals surface area contributed by atoms with Crippen molar-refractivity contribution in [1.29, 1.82) is 0 Å². The van der Waals surface area contributed by atoms with Crippen molar-refractivity contribution >= 4 is 38.3 Å². The Hall–Kier alpha value is -3.77. The molecule has 184 valence electrons. The first-order valence-electron chi connectivity index (χ1n) is 11.0. The van der Waals surface area contributed by atoms with E-state index in [-0.39, 0.29) is 46.9 Å². The Morgan fingerprint density at radius 3 is 2.34 bits per heavy atom.